The second-order valence-electron chi connectivity index (χ2n) is 2.69. The fourth-order valence-corrected chi connectivity index (χ4v) is 1.55. The summed E-state index contributed by atoms with van der Waals surface area (Å²) >= 11 is 3.25. The van der Waals surface area contributed by atoms with Gasteiger partial charge in [-0.1, -0.05) is 6.08 Å². The van der Waals surface area contributed by atoms with E-state index < -0.39 is 5.54 Å². The van der Waals surface area contributed by atoms with E-state index in [4.69, 9.17) is 0 Å². The quantitative estimate of drug-likeness (QED) is 0.547. The van der Waals surface area contributed by atoms with Gasteiger partial charge in [0.2, 0.25) is 0 Å². The van der Waals surface area contributed by atoms with Crippen molar-refractivity contribution in [1.29, 1.82) is 0 Å². The monoisotopic (exact) mass is 231 g/mol. The van der Waals surface area contributed by atoms with Gasteiger partial charge in [0, 0.05) is 0 Å². The molecule has 3 nitrogen and oxygen atoms in total. The number of allylic oxidation sites excluding steroid dienone is 2. The Hall–Kier alpha value is -0.770. The van der Waals surface area contributed by atoms with Crippen molar-refractivity contribution in [2.45, 2.75) is 12.5 Å². The fraction of sp³-hybridized carbons (Fsp3) is 0.375. The molecule has 0 saturated carbocycles. The predicted octanol–water partition coefficient (Wildman–Crippen LogP) is 1.31. The molecule has 0 fully saturated rings. The maximum Gasteiger partial charge on any atom is 0.335 e. The summed E-state index contributed by atoms with van der Waals surface area (Å²) in [6.45, 7) is 1.75. The van der Waals surface area contributed by atoms with Crippen LogP contribution in [0.2, 0.25) is 0 Å². The molecule has 0 aromatic rings. The molecule has 1 atom stereocenters. The highest BCUT2D eigenvalue weighted by Gasteiger charge is 2.32. The highest BCUT2D eigenvalue weighted by Crippen LogP contribution is 2.18. The van der Waals surface area contributed by atoms with Gasteiger partial charge in [-0.15, -0.1) is 0 Å². The summed E-state index contributed by atoms with van der Waals surface area (Å²) in [5, 5.41) is 2.96. The van der Waals surface area contributed by atoms with Crippen molar-refractivity contribution in [3.63, 3.8) is 0 Å². The van der Waals surface area contributed by atoms with Crippen molar-refractivity contribution < 1.29 is 9.53 Å². The van der Waals surface area contributed by atoms with E-state index in [-0.39, 0.29) is 5.97 Å². The first kappa shape index (κ1) is 9.32. The number of nitrogens with one attached hydrogen (secondary N) is 1. The molecule has 0 aliphatic carbocycles. The zero-order valence-corrected chi connectivity index (χ0v) is 8.51. The molecule has 0 radical (unpaired) electrons. The average Bonchev–Trinajstić information content (AvgIpc) is 2.02. The van der Waals surface area contributed by atoms with Crippen molar-refractivity contribution >= 4 is 21.9 Å². The van der Waals surface area contributed by atoms with Crippen molar-refractivity contribution in [3.8, 4) is 0 Å². The Labute approximate surface area is 79.6 Å². The predicted molar refractivity (Wildman–Crippen MR) is 49.7 cm³/mol. The average molecular weight is 232 g/mol. The number of rotatable bonds is 1. The van der Waals surface area contributed by atoms with Gasteiger partial charge >= 0.3 is 5.97 Å². The molecule has 0 aromatic heterocycles. The summed E-state index contributed by atoms with van der Waals surface area (Å²) in [7, 11) is 1.37. The molecular weight excluding hydrogens is 222 g/mol. The van der Waals surface area contributed by atoms with Crippen molar-refractivity contribution in [3.05, 3.63) is 22.8 Å². The maximum atomic E-state index is 11.3. The van der Waals surface area contributed by atoms with E-state index in [9.17, 15) is 4.79 Å². The third kappa shape index (κ3) is 1.69. The number of ether oxygens (including phenoxy) is 1. The Kier molecular flexibility index (Phi) is 2.57. The van der Waals surface area contributed by atoms with Gasteiger partial charge in [0.1, 0.15) is 0 Å². The highest BCUT2D eigenvalue weighted by atomic mass is 79.9. The van der Waals surface area contributed by atoms with Gasteiger partial charge < -0.3 is 10.1 Å². The topological polar surface area (TPSA) is 38.3 Å². The molecule has 1 heterocycles. The van der Waals surface area contributed by atoms with E-state index >= 15 is 0 Å². The molecular formula is C8H10BrNO2. The smallest absolute Gasteiger partial charge is 0.335 e. The van der Waals surface area contributed by atoms with Crippen LogP contribution in [0, 0.1) is 0 Å². The first-order valence-corrected chi connectivity index (χ1v) is 4.29. The summed E-state index contributed by atoms with van der Waals surface area (Å²) in [4.78, 5) is 11.3. The van der Waals surface area contributed by atoms with E-state index in [0.717, 1.165) is 4.61 Å². The number of halogens is 1. The molecule has 1 rings (SSSR count). The van der Waals surface area contributed by atoms with Gasteiger partial charge in [-0.25, -0.2) is 4.79 Å². The molecule has 1 aliphatic heterocycles. The molecule has 0 amide bonds. The largest absolute Gasteiger partial charge is 0.467 e. The molecule has 0 aromatic carbocycles. The second-order valence-corrected chi connectivity index (χ2v) is 3.55. The Morgan fingerprint density at radius 2 is 2.42 bits per heavy atom. The van der Waals surface area contributed by atoms with Gasteiger partial charge in [-0.3, -0.25) is 0 Å². The van der Waals surface area contributed by atoms with Crippen molar-refractivity contribution in [2.24, 2.45) is 0 Å². The number of dihydropyridines is 1. The SMILES string of the molecule is COC(=O)C1(C)C=CC=C(Br)N1. The van der Waals surface area contributed by atoms with Crippen molar-refractivity contribution in [2.75, 3.05) is 7.11 Å². The number of carbonyl (C=O) groups is 1. The second kappa shape index (κ2) is 3.31. The lowest BCUT2D eigenvalue weighted by Gasteiger charge is -2.27. The van der Waals surface area contributed by atoms with E-state index in [2.05, 4.69) is 26.0 Å². The van der Waals surface area contributed by atoms with Gasteiger partial charge in [-0.2, -0.15) is 0 Å². The summed E-state index contributed by atoms with van der Waals surface area (Å²) in [6, 6.07) is 0. The third-order valence-corrected chi connectivity index (χ3v) is 2.12. The molecule has 4 heteroatoms. The van der Waals surface area contributed by atoms with Crippen molar-refractivity contribution in [1.82, 2.24) is 5.32 Å². The van der Waals surface area contributed by atoms with Crippen LogP contribution in [-0.2, 0) is 9.53 Å². The summed E-state index contributed by atoms with van der Waals surface area (Å²) in [5.41, 5.74) is -0.748. The number of carbonyl (C=O) groups excluding carboxylic acids is 1. The molecule has 0 bridgehead atoms. The molecule has 0 saturated heterocycles. The molecule has 66 valence electrons. The Morgan fingerprint density at radius 1 is 1.75 bits per heavy atom. The lowest BCUT2D eigenvalue weighted by atomic mass is 10.0. The normalized spacial score (nSPS) is 27.4. The van der Waals surface area contributed by atoms with Crippen LogP contribution in [0.3, 0.4) is 0 Å². The zero-order valence-electron chi connectivity index (χ0n) is 6.93. The van der Waals surface area contributed by atoms with Crippen LogP contribution >= 0.6 is 15.9 Å². The van der Waals surface area contributed by atoms with Crippen LogP contribution < -0.4 is 5.32 Å². The van der Waals surface area contributed by atoms with Gasteiger partial charge in [0.05, 0.1) is 11.7 Å². The van der Waals surface area contributed by atoms with Crippen LogP contribution in [0.4, 0.5) is 0 Å². The number of hydrogen-bond acceptors (Lipinski definition) is 3. The molecule has 1 N–H and O–H groups in total. The van der Waals surface area contributed by atoms with Crippen LogP contribution in [0.15, 0.2) is 22.8 Å². The highest BCUT2D eigenvalue weighted by molar-refractivity contribution is 9.11. The minimum Gasteiger partial charge on any atom is -0.467 e. The number of methoxy groups -OCH3 is 1. The van der Waals surface area contributed by atoms with Gasteiger partial charge in [0.25, 0.3) is 0 Å². The molecule has 0 spiro atoms. The molecule has 12 heavy (non-hydrogen) atoms. The maximum absolute atomic E-state index is 11.3. The lowest BCUT2D eigenvalue weighted by Crippen LogP contribution is -2.48. The Balaban J connectivity index is 2.82. The minimum atomic E-state index is -0.748. The number of hydrogen-bond donors (Lipinski definition) is 1. The van der Waals surface area contributed by atoms with E-state index in [1.165, 1.54) is 7.11 Å². The summed E-state index contributed by atoms with van der Waals surface area (Å²) in [5.74, 6) is -0.302. The van der Waals surface area contributed by atoms with Crippen LogP contribution in [0.1, 0.15) is 6.92 Å². The van der Waals surface area contributed by atoms with Gasteiger partial charge in [0.15, 0.2) is 5.54 Å². The Bertz CT molecular complexity index is 260. The first-order chi connectivity index (χ1) is 5.58. The number of esters is 1. The van der Waals surface area contributed by atoms with Crippen LogP contribution in [0.25, 0.3) is 0 Å². The Morgan fingerprint density at radius 3 is 2.92 bits per heavy atom. The minimum absolute atomic E-state index is 0.302. The van der Waals surface area contributed by atoms with E-state index in [0.29, 0.717) is 0 Å². The zero-order chi connectivity index (χ0) is 9.19. The molecule has 1 unspecified atom stereocenters. The summed E-state index contributed by atoms with van der Waals surface area (Å²) in [6.07, 6.45) is 5.38. The molecule has 1 aliphatic rings. The van der Waals surface area contributed by atoms with E-state index in [1.54, 1.807) is 19.1 Å². The van der Waals surface area contributed by atoms with Gasteiger partial charge in [-0.05, 0) is 35.0 Å². The van der Waals surface area contributed by atoms with Crippen LogP contribution in [-0.4, -0.2) is 18.6 Å². The standard InChI is InChI=1S/C8H10BrNO2/c1-8(7(11)12-2)5-3-4-6(9)10-8/h3-5,10H,1-2H3. The summed E-state index contributed by atoms with van der Waals surface area (Å²) < 4.78 is 5.42. The fourth-order valence-electron chi connectivity index (χ4n) is 0.988. The first-order valence-electron chi connectivity index (χ1n) is 3.50. The van der Waals surface area contributed by atoms with E-state index in [1.807, 2.05) is 6.08 Å². The van der Waals surface area contributed by atoms with Crippen LogP contribution in [0.5, 0.6) is 0 Å². The lowest BCUT2D eigenvalue weighted by molar-refractivity contribution is -0.145. The third-order valence-electron chi connectivity index (χ3n) is 1.66.